The maximum Gasteiger partial charge on any atom is 0.251 e. The number of hydrogen-bond acceptors (Lipinski definition) is 6. The zero-order valence-electron chi connectivity index (χ0n) is 19.5. The van der Waals surface area contributed by atoms with Gasteiger partial charge in [0.05, 0.1) is 23.2 Å². The smallest absolute Gasteiger partial charge is 0.251 e. The monoisotopic (exact) mass is 535 g/mol. The molecule has 1 aliphatic rings. The van der Waals surface area contributed by atoms with Crippen molar-refractivity contribution < 1.29 is 9.59 Å². The summed E-state index contributed by atoms with van der Waals surface area (Å²) >= 11 is 8.89. The van der Waals surface area contributed by atoms with Crippen LogP contribution in [-0.2, 0) is 11.8 Å². The van der Waals surface area contributed by atoms with Crippen LogP contribution in [0, 0.1) is 0 Å². The average Bonchev–Trinajstić information content (AvgIpc) is 3.26. The summed E-state index contributed by atoms with van der Waals surface area (Å²) in [7, 11) is 1.83. The second kappa shape index (κ2) is 10.4. The number of hydrogen-bond donors (Lipinski definition) is 1. The first-order chi connectivity index (χ1) is 17.4. The topological polar surface area (TPSA) is 80.1 Å². The third-order valence-corrected chi connectivity index (χ3v) is 8.10. The lowest BCUT2D eigenvalue weighted by Gasteiger charge is -2.30. The third-order valence-electron chi connectivity index (χ3n) is 5.72. The first-order valence-corrected chi connectivity index (χ1v) is 13.4. The van der Waals surface area contributed by atoms with Crippen LogP contribution in [0.4, 0.5) is 11.4 Å². The Kier molecular flexibility index (Phi) is 7.04. The van der Waals surface area contributed by atoms with Gasteiger partial charge in [0.1, 0.15) is 0 Å². The van der Waals surface area contributed by atoms with Gasteiger partial charge in [-0.1, -0.05) is 59.4 Å². The molecule has 2 amide bonds. The predicted octanol–water partition coefficient (Wildman–Crippen LogP) is 5.88. The van der Waals surface area contributed by atoms with E-state index in [9.17, 15) is 9.59 Å². The molecule has 0 radical (unpaired) electrons. The Morgan fingerprint density at radius 3 is 2.22 bits per heavy atom. The Hall–Kier alpha value is -3.27. The Morgan fingerprint density at radius 2 is 1.58 bits per heavy atom. The quantitative estimate of drug-likeness (QED) is 0.310. The fourth-order valence-corrected chi connectivity index (χ4v) is 5.89. The van der Waals surface area contributed by atoms with Gasteiger partial charge in [-0.05, 0) is 55.5 Å². The minimum atomic E-state index is -0.381. The van der Waals surface area contributed by atoms with Crippen molar-refractivity contribution in [3.05, 3.63) is 89.2 Å². The van der Waals surface area contributed by atoms with Crippen LogP contribution in [0.5, 0.6) is 0 Å². The molecule has 0 fully saturated rings. The molecule has 2 heterocycles. The van der Waals surface area contributed by atoms with Crippen molar-refractivity contribution in [1.82, 2.24) is 20.1 Å². The molecular formula is C26H22ClN5O2S2. The van der Waals surface area contributed by atoms with Gasteiger partial charge >= 0.3 is 0 Å². The van der Waals surface area contributed by atoms with Gasteiger partial charge in [0.15, 0.2) is 11.0 Å². The summed E-state index contributed by atoms with van der Waals surface area (Å²) < 4.78 is 1.80. The number of benzene rings is 3. The number of aromatic nitrogens is 3. The molecule has 0 unspecified atom stereocenters. The molecule has 5 rings (SSSR count). The Labute approximate surface area is 222 Å². The van der Waals surface area contributed by atoms with Crippen molar-refractivity contribution in [2.75, 3.05) is 10.7 Å². The van der Waals surface area contributed by atoms with Crippen LogP contribution in [0.3, 0.4) is 0 Å². The average molecular weight is 536 g/mol. The van der Waals surface area contributed by atoms with E-state index in [0.29, 0.717) is 21.6 Å². The SMILES string of the molecule is C[C@H](NC(=O)c1ccc(Cl)cc1)c1nnc(SCC(=O)N2c3ccccc3Sc3ccccc32)n1C. The van der Waals surface area contributed by atoms with Gasteiger partial charge in [-0.15, -0.1) is 10.2 Å². The molecule has 10 heteroatoms. The van der Waals surface area contributed by atoms with Gasteiger partial charge in [-0.2, -0.15) is 0 Å². The third kappa shape index (κ3) is 4.86. The molecule has 1 aromatic heterocycles. The zero-order chi connectivity index (χ0) is 25.2. The van der Waals surface area contributed by atoms with E-state index in [4.69, 9.17) is 11.6 Å². The number of nitrogens with one attached hydrogen (secondary N) is 1. The van der Waals surface area contributed by atoms with E-state index in [1.807, 2.05) is 62.5 Å². The number of fused-ring (bicyclic) bond motifs is 2. The van der Waals surface area contributed by atoms with E-state index >= 15 is 0 Å². The van der Waals surface area contributed by atoms with Gasteiger partial charge in [-0.25, -0.2) is 0 Å². The van der Waals surface area contributed by atoms with Crippen LogP contribution in [0.1, 0.15) is 29.1 Å². The van der Waals surface area contributed by atoms with Crippen molar-refractivity contribution in [1.29, 1.82) is 0 Å². The summed E-state index contributed by atoms with van der Waals surface area (Å²) in [6.07, 6.45) is 0. The highest BCUT2D eigenvalue weighted by Gasteiger charge is 2.28. The minimum absolute atomic E-state index is 0.0474. The number of thioether (sulfide) groups is 1. The zero-order valence-corrected chi connectivity index (χ0v) is 21.9. The highest BCUT2D eigenvalue weighted by Crippen LogP contribution is 2.48. The molecule has 182 valence electrons. The normalized spacial score (nSPS) is 13.0. The molecule has 7 nitrogen and oxygen atoms in total. The second-order valence-corrected chi connectivity index (χ2v) is 10.6. The summed E-state index contributed by atoms with van der Waals surface area (Å²) in [5.41, 5.74) is 2.27. The molecular weight excluding hydrogens is 514 g/mol. The van der Waals surface area contributed by atoms with E-state index in [1.54, 1.807) is 45.5 Å². The molecule has 1 atom stereocenters. The van der Waals surface area contributed by atoms with Crippen molar-refractivity contribution in [3.8, 4) is 0 Å². The molecule has 0 spiro atoms. The van der Waals surface area contributed by atoms with Crippen molar-refractivity contribution in [2.24, 2.45) is 7.05 Å². The first kappa shape index (κ1) is 24.4. The molecule has 3 aromatic carbocycles. The standard InChI is InChI=1S/C26H22ClN5O2S2/c1-16(28-25(34)17-11-13-18(27)14-12-17)24-29-30-26(31(24)2)35-15-23(33)32-19-7-3-5-9-21(19)36-22-10-6-4-8-20(22)32/h3-14,16H,15H2,1-2H3,(H,28,34)/t16-/m0/s1. The number of rotatable bonds is 6. The predicted molar refractivity (Wildman–Crippen MR) is 143 cm³/mol. The van der Waals surface area contributed by atoms with E-state index < -0.39 is 0 Å². The fourth-order valence-electron chi connectivity index (χ4n) is 3.94. The Bertz CT molecular complexity index is 1400. The second-order valence-electron chi connectivity index (χ2n) is 8.16. The Morgan fingerprint density at radius 1 is 0.972 bits per heavy atom. The Balaban J connectivity index is 1.29. The highest BCUT2D eigenvalue weighted by molar-refractivity contribution is 8.00. The van der Waals surface area contributed by atoms with Crippen LogP contribution in [0.25, 0.3) is 0 Å². The summed E-state index contributed by atoms with van der Waals surface area (Å²) in [5, 5.41) is 12.6. The molecule has 36 heavy (non-hydrogen) atoms. The van der Waals surface area contributed by atoms with E-state index in [2.05, 4.69) is 15.5 Å². The summed E-state index contributed by atoms with van der Waals surface area (Å²) in [6, 6.07) is 22.1. The fraction of sp³-hybridized carbons (Fsp3) is 0.154. The number of anilines is 2. The van der Waals surface area contributed by atoms with Crippen LogP contribution in [0.15, 0.2) is 87.7 Å². The van der Waals surface area contributed by atoms with E-state index in [-0.39, 0.29) is 23.6 Å². The maximum atomic E-state index is 13.4. The molecule has 1 aliphatic heterocycles. The summed E-state index contributed by atoms with van der Waals surface area (Å²) in [4.78, 5) is 29.9. The summed E-state index contributed by atoms with van der Waals surface area (Å²) in [5.74, 6) is 0.503. The lowest BCUT2D eigenvalue weighted by atomic mass is 10.2. The van der Waals surface area contributed by atoms with E-state index in [1.165, 1.54) is 11.8 Å². The van der Waals surface area contributed by atoms with Crippen LogP contribution in [-0.4, -0.2) is 32.3 Å². The maximum absolute atomic E-state index is 13.4. The number of para-hydroxylation sites is 2. The highest BCUT2D eigenvalue weighted by atomic mass is 35.5. The van der Waals surface area contributed by atoms with Crippen molar-refractivity contribution in [2.45, 2.75) is 27.9 Å². The minimum Gasteiger partial charge on any atom is -0.342 e. The molecule has 0 saturated carbocycles. The number of carbonyl (C=O) groups excluding carboxylic acids is 2. The van der Waals surface area contributed by atoms with Gasteiger partial charge in [-0.3, -0.25) is 14.5 Å². The molecule has 1 N–H and O–H groups in total. The van der Waals surface area contributed by atoms with Crippen LogP contribution in [0.2, 0.25) is 5.02 Å². The number of carbonyl (C=O) groups is 2. The van der Waals surface area contributed by atoms with Gasteiger partial charge in [0.2, 0.25) is 5.91 Å². The van der Waals surface area contributed by atoms with Gasteiger partial charge < -0.3 is 9.88 Å². The van der Waals surface area contributed by atoms with Gasteiger partial charge in [0.25, 0.3) is 5.91 Å². The van der Waals surface area contributed by atoms with Crippen molar-refractivity contribution in [3.63, 3.8) is 0 Å². The van der Waals surface area contributed by atoms with Crippen LogP contribution >= 0.6 is 35.1 Å². The molecule has 0 aliphatic carbocycles. The number of halogens is 1. The van der Waals surface area contributed by atoms with Gasteiger partial charge in [0, 0.05) is 27.4 Å². The summed E-state index contributed by atoms with van der Waals surface area (Å²) in [6.45, 7) is 1.84. The van der Waals surface area contributed by atoms with Crippen LogP contribution < -0.4 is 10.2 Å². The van der Waals surface area contributed by atoms with E-state index in [0.717, 1.165) is 21.2 Å². The number of amides is 2. The largest absolute Gasteiger partial charge is 0.342 e. The molecule has 4 aromatic rings. The lowest BCUT2D eigenvalue weighted by molar-refractivity contribution is -0.115. The number of nitrogens with zero attached hydrogens (tertiary/aromatic N) is 4. The lowest BCUT2D eigenvalue weighted by Crippen LogP contribution is -2.30. The first-order valence-electron chi connectivity index (χ1n) is 11.2. The molecule has 0 saturated heterocycles. The van der Waals surface area contributed by atoms with Crippen molar-refractivity contribution >= 4 is 58.3 Å². The molecule has 0 bridgehead atoms.